The minimum absolute atomic E-state index is 1.03. The van der Waals surface area contributed by atoms with Gasteiger partial charge in [-0.15, -0.1) is 0 Å². The lowest BCUT2D eigenvalue weighted by molar-refractivity contribution is 0.420. The van der Waals surface area contributed by atoms with E-state index in [0.29, 0.717) is 0 Å². The first kappa shape index (κ1) is 14.3. The van der Waals surface area contributed by atoms with Crippen LogP contribution < -0.4 is 5.19 Å². The zero-order valence-corrected chi connectivity index (χ0v) is 14.3. The van der Waals surface area contributed by atoms with Gasteiger partial charge in [0.05, 0.1) is 8.07 Å². The highest BCUT2D eigenvalue weighted by Gasteiger charge is 2.34. The molecular formula is C16H25BrSi. The minimum atomic E-state index is -1.14. The van der Waals surface area contributed by atoms with Gasteiger partial charge in [-0.1, -0.05) is 90.9 Å². The van der Waals surface area contributed by atoms with Crippen molar-refractivity contribution in [2.75, 3.05) is 0 Å². The Labute approximate surface area is 121 Å². The molecule has 1 fully saturated rings. The van der Waals surface area contributed by atoms with Gasteiger partial charge in [0.15, 0.2) is 0 Å². The zero-order chi connectivity index (χ0) is 13.0. The van der Waals surface area contributed by atoms with Crippen molar-refractivity contribution in [3.8, 4) is 0 Å². The van der Waals surface area contributed by atoms with Crippen LogP contribution in [0.2, 0.25) is 18.6 Å². The third-order valence-corrected chi connectivity index (χ3v) is 9.76. The zero-order valence-electron chi connectivity index (χ0n) is 11.7. The predicted octanol–water partition coefficient (Wildman–Crippen LogP) is 5.33. The van der Waals surface area contributed by atoms with Crippen LogP contribution in [-0.4, -0.2) is 8.07 Å². The highest BCUT2D eigenvalue weighted by Crippen LogP contribution is 2.34. The second-order valence-electron chi connectivity index (χ2n) is 6.15. The quantitative estimate of drug-likeness (QED) is 0.656. The normalized spacial score (nSPS) is 28.3. The number of hydrogen-bond acceptors (Lipinski definition) is 0. The maximum Gasteiger partial charge on any atom is 0.0837 e. The van der Waals surface area contributed by atoms with E-state index >= 15 is 0 Å². The second kappa shape index (κ2) is 6.38. The third kappa shape index (κ3) is 3.48. The summed E-state index contributed by atoms with van der Waals surface area (Å²) in [5, 5.41) is 1.67. The molecular weight excluding hydrogens is 300 g/mol. The van der Waals surface area contributed by atoms with E-state index in [2.05, 4.69) is 53.7 Å². The summed E-state index contributed by atoms with van der Waals surface area (Å²) in [5.74, 6) is 1.03. The van der Waals surface area contributed by atoms with Crippen LogP contribution in [-0.2, 0) is 0 Å². The Balaban J connectivity index is 1.96. The fourth-order valence-corrected chi connectivity index (χ4v) is 7.39. The summed E-state index contributed by atoms with van der Waals surface area (Å²) in [6.45, 7) is 4.90. The Bertz CT molecular complexity index is 363. The highest BCUT2D eigenvalue weighted by molar-refractivity contribution is 9.10. The van der Waals surface area contributed by atoms with Gasteiger partial charge in [0, 0.05) is 4.47 Å². The molecule has 2 rings (SSSR count). The van der Waals surface area contributed by atoms with Crippen LogP contribution in [0, 0.1) is 5.92 Å². The Morgan fingerprint density at radius 2 is 1.78 bits per heavy atom. The van der Waals surface area contributed by atoms with Crippen molar-refractivity contribution in [2.24, 2.45) is 5.92 Å². The van der Waals surface area contributed by atoms with Crippen molar-refractivity contribution in [3.63, 3.8) is 0 Å². The van der Waals surface area contributed by atoms with E-state index in [-0.39, 0.29) is 0 Å². The van der Waals surface area contributed by atoms with Gasteiger partial charge < -0.3 is 0 Å². The molecule has 0 spiro atoms. The average Bonchev–Trinajstić information content (AvgIpc) is 2.39. The smallest absolute Gasteiger partial charge is 0.0654 e. The molecule has 1 aromatic rings. The fraction of sp³-hybridized carbons (Fsp3) is 0.625. The standard InChI is InChI=1S/C16H25BrSi/c1-3-4-5-14-10-12-18(2,13-11-14)16-8-6-15(17)7-9-16/h6-9,14H,3-5,10-13H2,1-2H3/t14-,18-. The molecule has 0 atom stereocenters. The fourth-order valence-electron chi connectivity index (χ4n) is 3.24. The Morgan fingerprint density at radius 3 is 2.33 bits per heavy atom. The molecule has 0 nitrogen and oxygen atoms in total. The second-order valence-corrected chi connectivity index (χ2v) is 11.8. The molecule has 1 saturated heterocycles. The first-order chi connectivity index (χ1) is 8.64. The molecule has 0 aromatic heterocycles. The van der Waals surface area contributed by atoms with E-state index in [4.69, 9.17) is 0 Å². The molecule has 100 valence electrons. The molecule has 0 unspecified atom stereocenters. The van der Waals surface area contributed by atoms with Gasteiger partial charge in [0.25, 0.3) is 0 Å². The minimum Gasteiger partial charge on any atom is -0.0654 e. The Morgan fingerprint density at radius 1 is 1.17 bits per heavy atom. The van der Waals surface area contributed by atoms with Crippen molar-refractivity contribution in [2.45, 2.75) is 57.7 Å². The molecule has 1 aliphatic heterocycles. The van der Waals surface area contributed by atoms with Crippen molar-refractivity contribution >= 4 is 29.2 Å². The lowest BCUT2D eigenvalue weighted by Crippen LogP contribution is -2.47. The molecule has 2 heteroatoms. The number of rotatable bonds is 4. The van der Waals surface area contributed by atoms with Crippen LogP contribution in [0.15, 0.2) is 28.7 Å². The van der Waals surface area contributed by atoms with Crippen molar-refractivity contribution in [3.05, 3.63) is 28.7 Å². The van der Waals surface area contributed by atoms with Gasteiger partial charge in [0.1, 0.15) is 0 Å². The van der Waals surface area contributed by atoms with E-state index in [1.54, 1.807) is 5.19 Å². The summed E-state index contributed by atoms with van der Waals surface area (Å²) in [7, 11) is -1.14. The number of halogens is 1. The first-order valence-electron chi connectivity index (χ1n) is 7.40. The van der Waals surface area contributed by atoms with E-state index < -0.39 is 8.07 Å². The summed E-state index contributed by atoms with van der Waals surface area (Å²) in [5.41, 5.74) is 0. The SMILES string of the molecule is CCCC[C@H]1CC[Si@](C)(c2ccc(Br)cc2)CC1. The van der Waals surface area contributed by atoms with Crippen molar-refractivity contribution in [1.29, 1.82) is 0 Å². The first-order valence-corrected chi connectivity index (χ1v) is 11.1. The lowest BCUT2D eigenvalue weighted by Gasteiger charge is -2.36. The van der Waals surface area contributed by atoms with Gasteiger partial charge in [-0.2, -0.15) is 0 Å². The molecule has 0 bridgehead atoms. The third-order valence-electron chi connectivity index (χ3n) is 4.72. The summed E-state index contributed by atoms with van der Waals surface area (Å²) >= 11 is 3.54. The summed E-state index contributed by atoms with van der Waals surface area (Å²) in [4.78, 5) is 0. The van der Waals surface area contributed by atoms with Gasteiger partial charge >= 0.3 is 0 Å². The van der Waals surface area contributed by atoms with Crippen molar-refractivity contribution < 1.29 is 0 Å². The monoisotopic (exact) mass is 324 g/mol. The van der Waals surface area contributed by atoms with Crippen LogP contribution in [0.3, 0.4) is 0 Å². The van der Waals surface area contributed by atoms with E-state index in [9.17, 15) is 0 Å². The lowest BCUT2D eigenvalue weighted by atomic mass is 9.96. The molecule has 1 heterocycles. The molecule has 0 saturated carbocycles. The average molecular weight is 325 g/mol. The van der Waals surface area contributed by atoms with Gasteiger partial charge in [-0.05, 0) is 18.1 Å². The summed E-state index contributed by atoms with van der Waals surface area (Å²) < 4.78 is 1.21. The summed E-state index contributed by atoms with van der Waals surface area (Å²) in [6, 6.07) is 12.2. The van der Waals surface area contributed by atoms with Crippen LogP contribution in [0.25, 0.3) is 0 Å². The maximum absolute atomic E-state index is 3.54. The van der Waals surface area contributed by atoms with Gasteiger partial charge in [-0.3, -0.25) is 0 Å². The van der Waals surface area contributed by atoms with Gasteiger partial charge in [0.2, 0.25) is 0 Å². The molecule has 0 aliphatic carbocycles. The van der Waals surface area contributed by atoms with Crippen molar-refractivity contribution in [1.82, 2.24) is 0 Å². The van der Waals surface area contributed by atoms with E-state index in [1.165, 1.54) is 48.7 Å². The highest BCUT2D eigenvalue weighted by atomic mass is 79.9. The largest absolute Gasteiger partial charge is 0.0837 e. The van der Waals surface area contributed by atoms with Crippen LogP contribution >= 0.6 is 15.9 Å². The number of benzene rings is 1. The number of unbranched alkanes of at least 4 members (excludes halogenated alkanes) is 1. The molecule has 0 amide bonds. The van der Waals surface area contributed by atoms with Crippen LogP contribution in [0.5, 0.6) is 0 Å². The molecule has 0 N–H and O–H groups in total. The van der Waals surface area contributed by atoms with Gasteiger partial charge in [-0.25, -0.2) is 0 Å². The summed E-state index contributed by atoms with van der Waals surface area (Å²) in [6.07, 6.45) is 7.23. The van der Waals surface area contributed by atoms with Crippen LogP contribution in [0.4, 0.5) is 0 Å². The molecule has 1 aliphatic rings. The van der Waals surface area contributed by atoms with E-state index in [1.807, 2.05) is 0 Å². The Kier molecular flexibility index (Phi) is 5.08. The molecule has 0 radical (unpaired) electrons. The maximum atomic E-state index is 3.54. The Hall–Kier alpha value is -0.0831. The molecule has 1 aromatic carbocycles. The topological polar surface area (TPSA) is 0 Å². The number of hydrogen-bond donors (Lipinski definition) is 0. The van der Waals surface area contributed by atoms with E-state index in [0.717, 1.165) is 5.92 Å². The molecule has 18 heavy (non-hydrogen) atoms. The van der Waals surface area contributed by atoms with Crippen LogP contribution in [0.1, 0.15) is 39.0 Å². The predicted molar refractivity (Wildman–Crippen MR) is 87.3 cm³/mol.